The predicted molar refractivity (Wildman–Crippen MR) is 156 cm³/mol. The van der Waals surface area contributed by atoms with E-state index in [1.54, 1.807) is 0 Å². The van der Waals surface area contributed by atoms with E-state index in [0.717, 1.165) is 49.5 Å². The molecule has 0 amide bonds. The number of nitriles is 1. The number of nitrogens with zero attached hydrogens (tertiary/aromatic N) is 3. The van der Waals surface area contributed by atoms with Gasteiger partial charge in [0.1, 0.15) is 0 Å². The Bertz CT molecular complexity index is 2030. The number of rotatable bonds is 3. The van der Waals surface area contributed by atoms with Crippen LogP contribution in [0, 0.1) is 11.3 Å². The average molecular weight is 484 g/mol. The van der Waals surface area contributed by atoms with Crippen LogP contribution in [-0.2, 0) is 0 Å². The summed E-state index contributed by atoms with van der Waals surface area (Å²) < 4.78 is 0. The van der Waals surface area contributed by atoms with Crippen LogP contribution in [-0.4, -0.2) is 9.97 Å². The summed E-state index contributed by atoms with van der Waals surface area (Å²) in [6.07, 6.45) is 1.90. The quantitative estimate of drug-likeness (QED) is 0.252. The van der Waals surface area contributed by atoms with Crippen molar-refractivity contribution in [2.75, 3.05) is 0 Å². The van der Waals surface area contributed by atoms with Crippen LogP contribution in [0.2, 0.25) is 0 Å². The number of aromatic nitrogens is 2. The first-order valence-corrected chi connectivity index (χ1v) is 12.6. The molecule has 0 saturated carbocycles. The number of hydrogen-bond acceptors (Lipinski definition) is 3. The minimum absolute atomic E-state index is 0.652. The minimum atomic E-state index is 0.652. The molecular formula is C35H21N3. The third-order valence-corrected chi connectivity index (χ3v) is 7.11. The van der Waals surface area contributed by atoms with Gasteiger partial charge in [0.05, 0.1) is 17.1 Å². The predicted octanol–water partition coefficient (Wildman–Crippen LogP) is 8.81. The summed E-state index contributed by atoms with van der Waals surface area (Å²) in [5.41, 5.74) is 6.95. The summed E-state index contributed by atoms with van der Waals surface area (Å²) in [5.74, 6) is 0.706. The molecule has 0 aliphatic heterocycles. The van der Waals surface area contributed by atoms with Gasteiger partial charge in [0, 0.05) is 17.1 Å². The van der Waals surface area contributed by atoms with Crippen LogP contribution in [0.25, 0.3) is 66.1 Å². The van der Waals surface area contributed by atoms with Gasteiger partial charge in [-0.15, -0.1) is 0 Å². The fourth-order valence-electron chi connectivity index (χ4n) is 5.20. The van der Waals surface area contributed by atoms with Crippen molar-refractivity contribution >= 4 is 32.4 Å². The second kappa shape index (κ2) is 8.96. The van der Waals surface area contributed by atoms with Gasteiger partial charge in [-0.05, 0) is 86.3 Å². The highest BCUT2D eigenvalue weighted by Gasteiger charge is 2.15. The molecule has 0 aliphatic rings. The van der Waals surface area contributed by atoms with Gasteiger partial charge in [0.25, 0.3) is 0 Å². The van der Waals surface area contributed by atoms with E-state index >= 15 is 0 Å². The van der Waals surface area contributed by atoms with Crippen LogP contribution in [0.1, 0.15) is 5.56 Å². The average Bonchev–Trinajstić information content (AvgIpc) is 2.99. The fourth-order valence-corrected chi connectivity index (χ4v) is 5.20. The summed E-state index contributed by atoms with van der Waals surface area (Å²) in [6, 6.07) is 43.9. The fraction of sp³-hybridized carbons (Fsp3) is 0. The molecule has 6 aromatic carbocycles. The van der Waals surface area contributed by atoms with Gasteiger partial charge in [-0.2, -0.15) is 5.26 Å². The number of fused-ring (bicyclic) bond motifs is 3. The van der Waals surface area contributed by atoms with Gasteiger partial charge < -0.3 is 0 Å². The molecule has 0 spiro atoms. The van der Waals surface area contributed by atoms with E-state index < -0.39 is 0 Å². The van der Waals surface area contributed by atoms with Crippen LogP contribution in [0.4, 0.5) is 0 Å². The van der Waals surface area contributed by atoms with Gasteiger partial charge >= 0.3 is 0 Å². The molecule has 0 fully saturated rings. The zero-order valence-corrected chi connectivity index (χ0v) is 20.5. The van der Waals surface area contributed by atoms with Gasteiger partial charge in [0.2, 0.25) is 0 Å². The normalized spacial score (nSPS) is 11.1. The molecule has 0 radical (unpaired) electrons. The van der Waals surface area contributed by atoms with Crippen molar-refractivity contribution in [3.8, 4) is 39.7 Å². The molecule has 1 heterocycles. The van der Waals surface area contributed by atoms with Crippen LogP contribution in [0.3, 0.4) is 0 Å². The Hall–Kier alpha value is -5.33. The molecule has 0 aliphatic carbocycles. The maximum atomic E-state index is 9.29. The smallest absolute Gasteiger partial charge is 0.160 e. The van der Waals surface area contributed by atoms with Crippen LogP contribution >= 0.6 is 0 Å². The molecule has 7 aromatic rings. The first-order chi connectivity index (χ1) is 18.8. The Kier molecular flexibility index (Phi) is 5.17. The van der Waals surface area contributed by atoms with Crippen molar-refractivity contribution in [3.63, 3.8) is 0 Å². The van der Waals surface area contributed by atoms with E-state index in [2.05, 4.69) is 78.9 Å². The van der Waals surface area contributed by atoms with Crippen molar-refractivity contribution in [1.29, 1.82) is 5.26 Å². The number of hydrogen-bond donors (Lipinski definition) is 0. The van der Waals surface area contributed by atoms with Crippen LogP contribution < -0.4 is 0 Å². The standard InChI is InChI=1S/C35H21N3/c36-21-23-13-15-24(16-14-23)31-20-29(17-27-9-3-5-11-30(27)31)32-18-25-7-1-2-8-26(25)19-33(32)35-37-22-28-10-4-6-12-34(28)38-35/h1-20,22H. The SMILES string of the molecule is N#Cc1ccc(-c2cc(-c3cc4ccccc4cc3-c3ncc4ccccc4n3)cc3ccccc23)cc1. The molecule has 0 atom stereocenters. The molecule has 7 rings (SSSR count). The lowest BCUT2D eigenvalue weighted by molar-refractivity contribution is 1.23. The number of para-hydroxylation sites is 1. The van der Waals surface area contributed by atoms with E-state index in [9.17, 15) is 5.26 Å². The molecule has 0 unspecified atom stereocenters. The Balaban J connectivity index is 1.52. The zero-order chi connectivity index (χ0) is 25.5. The van der Waals surface area contributed by atoms with Crippen molar-refractivity contribution in [1.82, 2.24) is 9.97 Å². The summed E-state index contributed by atoms with van der Waals surface area (Å²) in [5, 5.41) is 15.0. The Morgan fingerprint density at radius 1 is 0.526 bits per heavy atom. The van der Waals surface area contributed by atoms with E-state index in [1.165, 1.54) is 10.8 Å². The second-order valence-corrected chi connectivity index (χ2v) is 9.43. The summed E-state index contributed by atoms with van der Waals surface area (Å²) in [4.78, 5) is 9.75. The third-order valence-electron chi connectivity index (χ3n) is 7.11. The van der Waals surface area contributed by atoms with Gasteiger partial charge in [-0.25, -0.2) is 9.97 Å². The molecule has 3 nitrogen and oxygen atoms in total. The lowest BCUT2D eigenvalue weighted by Crippen LogP contribution is -1.94. The Morgan fingerprint density at radius 3 is 1.95 bits per heavy atom. The maximum absolute atomic E-state index is 9.29. The largest absolute Gasteiger partial charge is 0.236 e. The highest BCUT2D eigenvalue weighted by Crippen LogP contribution is 2.39. The monoisotopic (exact) mass is 483 g/mol. The van der Waals surface area contributed by atoms with E-state index in [0.29, 0.717) is 11.4 Å². The molecule has 3 heteroatoms. The maximum Gasteiger partial charge on any atom is 0.160 e. The highest BCUT2D eigenvalue weighted by molar-refractivity contribution is 6.03. The first kappa shape index (κ1) is 21.9. The molecular weight excluding hydrogens is 462 g/mol. The molecule has 1 aromatic heterocycles. The Morgan fingerprint density at radius 2 is 1.18 bits per heavy atom. The van der Waals surface area contributed by atoms with Crippen LogP contribution in [0.15, 0.2) is 128 Å². The lowest BCUT2D eigenvalue weighted by Gasteiger charge is -2.15. The van der Waals surface area contributed by atoms with E-state index in [-0.39, 0.29) is 0 Å². The minimum Gasteiger partial charge on any atom is -0.236 e. The second-order valence-electron chi connectivity index (χ2n) is 9.43. The topological polar surface area (TPSA) is 49.6 Å². The van der Waals surface area contributed by atoms with Crippen molar-refractivity contribution in [3.05, 3.63) is 133 Å². The van der Waals surface area contributed by atoms with Crippen LogP contribution in [0.5, 0.6) is 0 Å². The van der Waals surface area contributed by atoms with Gasteiger partial charge in [0.15, 0.2) is 5.82 Å². The molecule has 38 heavy (non-hydrogen) atoms. The summed E-state index contributed by atoms with van der Waals surface area (Å²) in [6.45, 7) is 0. The van der Waals surface area contributed by atoms with Crippen molar-refractivity contribution < 1.29 is 0 Å². The highest BCUT2D eigenvalue weighted by atomic mass is 14.9. The van der Waals surface area contributed by atoms with Crippen molar-refractivity contribution in [2.24, 2.45) is 0 Å². The first-order valence-electron chi connectivity index (χ1n) is 12.6. The Labute approximate surface area is 220 Å². The van der Waals surface area contributed by atoms with E-state index in [1.807, 2.05) is 54.7 Å². The van der Waals surface area contributed by atoms with Crippen molar-refractivity contribution in [2.45, 2.75) is 0 Å². The molecule has 176 valence electrons. The summed E-state index contributed by atoms with van der Waals surface area (Å²) >= 11 is 0. The van der Waals surface area contributed by atoms with E-state index in [4.69, 9.17) is 9.97 Å². The molecule has 0 N–H and O–H groups in total. The third kappa shape index (κ3) is 3.77. The lowest BCUT2D eigenvalue weighted by atomic mass is 9.89. The zero-order valence-electron chi connectivity index (χ0n) is 20.5. The van der Waals surface area contributed by atoms with Gasteiger partial charge in [-0.1, -0.05) is 78.9 Å². The molecule has 0 bridgehead atoms. The molecule has 0 saturated heterocycles. The summed E-state index contributed by atoms with van der Waals surface area (Å²) in [7, 11) is 0. The van der Waals surface area contributed by atoms with Gasteiger partial charge in [-0.3, -0.25) is 0 Å². The number of benzene rings is 6.